The standard InChI is InChI=1S/C14H22N2/c1-16(14-8-5-9-14)11-10-15-12-13-6-3-2-4-7-13/h2-4,6-7,14-15H,5,8-12H2,1H3. The van der Waals surface area contributed by atoms with Gasteiger partial charge in [0, 0.05) is 25.7 Å². The van der Waals surface area contributed by atoms with E-state index in [1.165, 1.54) is 24.8 Å². The van der Waals surface area contributed by atoms with Crippen molar-refractivity contribution in [2.75, 3.05) is 20.1 Å². The summed E-state index contributed by atoms with van der Waals surface area (Å²) in [5.74, 6) is 0. The number of nitrogens with one attached hydrogen (secondary N) is 1. The first-order chi connectivity index (χ1) is 7.86. The summed E-state index contributed by atoms with van der Waals surface area (Å²) in [5.41, 5.74) is 1.37. The molecule has 0 amide bonds. The number of hydrogen-bond donors (Lipinski definition) is 1. The molecule has 0 heterocycles. The summed E-state index contributed by atoms with van der Waals surface area (Å²) < 4.78 is 0. The van der Waals surface area contributed by atoms with Crippen molar-refractivity contribution >= 4 is 0 Å². The molecule has 0 aliphatic heterocycles. The van der Waals surface area contributed by atoms with Crippen molar-refractivity contribution < 1.29 is 0 Å². The SMILES string of the molecule is CN(CCNCc1ccccc1)C1CCC1. The Balaban J connectivity index is 1.58. The van der Waals surface area contributed by atoms with Gasteiger partial charge in [-0.05, 0) is 25.5 Å². The lowest BCUT2D eigenvalue weighted by Gasteiger charge is -2.34. The minimum atomic E-state index is 0.860. The Morgan fingerprint density at radius 3 is 2.62 bits per heavy atom. The number of nitrogens with zero attached hydrogens (tertiary/aromatic N) is 1. The van der Waals surface area contributed by atoms with Crippen LogP contribution in [0.25, 0.3) is 0 Å². The smallest absolute Gasteiger partial charge is 0.0206 e. The Labute approximate surface area is 98.7 Å². The summed E-state index contributed by atoms with van der Waals surface area (Å²) >= 11 is 0. The third-order valence-electron chi connectivity index (χ3n) is 3.51. The lowest BCUT2D eigenvalue weighted by Crippen LogP contribution is -2.40. The Kier molecular flexibility index (Phi) is 4.37. The molecule has 1 saturated carbocycles. The van der Waals surface area contributed by atoms with Crippen LogP contribution in [0.3, 0.4) is 0 Å². The molecule has 1 aromatic rings. The van der Waals surface area contributed by atoms with E-state index in [2.05, 4.69) is 47.6 Å². The zero-order chi connectivity index (χ0) is 11.2. The highest BCUT2D eigenvalue weighted by atomic mass is 15.1. The summed E-state index contributed by atoms with van der Waals surface area (Å²) in [6, 6.07) is 11.5. The first-order valence-electron chi connectivity index (χ1n) is 6.31. The minimum Gasteiger partial charge on any atom is -0.311 e. The summed E-state index contributed by atoms with van der Waals surface area (Å²) in [5, 5.41) is 3.49. The molecule has 1 aromatic carbocycles. The van der Waals surface area contributed by atoms with Gasteiger partial charge < -0.3 is 10.2 Å². The molecule has 0 saturated heterocycles. The normalized spacial score (nSPS) is 16.4. The third kappa shape index (κ3) is 3.32. The molecule has 1 aliphatic carbocycles. The second-order valence-electron chi connectivity index (χ2n) is 4.73. The van der Waals surface area contributed by atoms with E-state index in [0.717, 1.165) is 25.7 Å². The molecule has 16 heavy (non-hydrogen) atoms. The van der Waals surface area contributed by atoms with Gasteiger partial charge in [-0.2, -0.15) is 0 Å². The maximum absolute atomic E-state index is 3.49. The van der Waals surface area contributed by atoms with Gasteiger partial charge in [-0.1, -0.05) is 36.8 Å². The van der Waals surface area contributed by atoms with Crippen molar-refractivity contribution in [3.05, 3.63) is 35.9 Å². The predicted octanol–water partition coefficient (Wildman–Crippen LogP) is 2.26. The van der Waals surface area contributed by atoms with Crippen molar-refractivity contribution in [2.45, 2.75) is 31.8 Å². The third-order valence-corrected chi connectivity index (χ3v) is 3.51. The van der Waals surface area contributed by atoms with Crippen molar-refractivity contribution in [2.24, 2.45) is 0 Å². The van der Waals surface area contributed by atoms with Crippen molar-refractivity contribution in [3.63, 3.8) is 0 Å². The van der Waals surface area contributed by atoms with Crippen molar-refractivity contribution in [1.29, 1.82) is 0 Å². The average molecular weight is 218 g/mol. The molecule has 1 fully saturated rings. The van der Waals surface area contributed by atoms with Crippen LogP contribution in [0, 0.1) is 0 Å². The van der Waals surface area contributed by atoms with Crippen LogP contribution in [0.4, 0.5) is 0 Å². The van der Waals surface area contributed by atoms with Crippen molar-refractivity contribution in [3.8, 4) is 0 Å². The first kappa shape index (κ1) is 11.6. The molecule has 1 aliphatic rings. The monoisotopic (exact) mass is 218 g/mol. The largest absolute Gasteiger partial charge is 0.311 e. The summed E-state index contributed by atoms with van der Waals surface area (Å²) in [6.45, 7) is 3.23. The maximum Gasteiger partial charge on any atom is 0.0206 e. The zero-order valence-corrected chi connectivity index (χ0v) is 10.2. The maximum atomic E-state index is 3.49. The molecule has 2 rings (SSSR count). The van der Waals surface area contributed by atoms with Gasteiger partial charge in [-0.15, -0.1) is 0 Å². The molecule has 0 spiro atoms. The highest BCUT2D eigenvalue weighted by Gasteiger charge is 2.20. The molecule has 0 aromatic heterocycles. The minimum absolute atomic E-state index is 0.860. The van der Waals surface area contributed by atoms with E-state index in [1.807, 2.05) is 0 Å². The van der Waals surface area contributed by atoms with Gasteiger partial charge in [0.25, 0.3) is 0 Å². The summed E-state index contributed by atoms with van der Waals surface area (Å²) in [4.78, 5) is 2.49. The Morgan fingerprint density at radius 1 is 1.25 bits per heavy atom. The number of hydrogen-bond acceptors (Lipinski definition) is 2. The van der Waals surface area contributed by atoms with Crippen molar-refractivity contribution in [1.82, 2.24) is 10.2 Å². The summed E-state index contributed by atoms with van der Waals surface area (Å²) in [6.07, 6.45) is 4.22. The predicted molar refractivity (Wildman–Crippen MR) is 68.4 cm³/mol. The molecule has 1 N–H and O–H groups in total. The Bertz CT molecular complexity index is 293. The molecule has 0 bridgehead atoms. The van der Waals surface area contributed by atoms with Gasteiger partial charge >= 0.3 is 0 Å². The van der Waals surface area contributed by atoms with E-state index in [-0.39, 0.29) is 0 Å². The molecular formula is C14H22N2. The van der Waals surface area contributed by atoms with E-state index in [4.69, 9.17) is 0 Å². The van der Waals surface area contributed by atoms with Gasteiger partial charge in [0.1, 0.15) is 0 Å². The molecular weight excluding hydrogens is 196 g/mol. The molecule has 0 radical (unpaired) electrons. The van der Waals surface area contributed by atoms with Crippen LogP contribution in [0.5, 0.6) is 0 Å². The van der Waals surface area contributed by atoms with E-state index < -0.39 is 0 Å². The van der Waals surface area contributed by atoms with Crippen LogP contribution in [0.1, 0.15) is 24.8 Å². The fourth-order valence-electron chi connectivity index (χ4n) is 2.09. The second kappa shape index (κ2) is 6.02. The number of likely N-dealkylation sites (N-methyl/N-ethyl adjacent to an activating group) is 1. The van der Waals surface area contributed by atoms with Crippen LogP contribution >= 0.6 is 0 Å². The highest BCUT2D eigenvalue weighted by Crippen LogP contribution is 2.22. The lowest BCUT2D eigenvalue weighted by atomic mass is 9.92. The van der Waals surface area contributed by atoms with E-state index in [0.29, 0.717) is 0 Å². The fourth-order valence-corrected chi connectivity index (χ4v) is 2.09. The molecule has 2 nitrogen and oxygen atoms in total. The van der Waals surface area contributed by atoms with Crippen LogP contribution < -0.4 is 5.32 Å². The highest BCUT2D eigenvalue weighted by molar-refractivity contribution is 5.14. The van der Waals surface area contributed by atoms with Gasteiger partial charge in [-0.3, -0.25) is 0 Å². The Hall–Kier alpha value is -0.860. The Morgan fingerprint density at radius 2 is 2.00 bits per heavy atom. The van der Waals surface area contributed by atoms with E-state index in [9.17, 15) is 0 Å². The zero-order valence-electron chi connectivity index (χ0n) is 10.2. The molecule has 0 atom stereocenters. The summed E-state index contributed by atoms with van der Waals surface area (Å²) in [7, 11) is 2.24. The van der Waals surface area contributed by atoms with Gasteiger partial charge in [0.05, 0.1) is 0 Å². The topological polar surface area (TPSA) is 15.3 Å². The van der Waals surface area contributed by atoms with Gasteiger partial charge in [-0.25, -0.2) is 0 Å². The van der Waals surface area contributed by atoms with Crippen LogP contribution in [0.15, 0.2) is 30.3 Å². The molecule has 88 valence electrons. The molecule has 0 unspecified atom stereocenters. The second-order valence-corrected chi connectivity index (χ2v) is 4.73. The van der Waals surface area contributed by atoms with E-state index in [1.54, 1.807) is 0 Å². The molecule has 2 heteroatoms. The van der Waals surface area contributed by atoms with Crippen LogP contribution in [-0.2, 0) is 6.54 Å². The van der Waals surface area contributed by atoms with Gasteiger partial charge in [0.2, 0.25) is 0 Å². The van der Waals surface area contributed by atoms with Crippen LogP contribution in [-0.4, -0.2) is 31.1 Å². The number of rotatable bonds is 6. The van der Waals surface area contributed by atoms with Crippen LogP contribution in [0.2, 0.25) is 0 Å². The van der Waals surface area contributed by atoms with Gasteiger partial charge in [0.15, 0.2) is 0 Å². The average Bonchev–Trinajstić information content (AvgIpc) is 2.23. The number of benzene rings is 1. The lowest BCUT2D eigenvalue weighted by molar-refractivity contribution is 0.160. The quantitative estimate of drug-likeness (QED) is 0.737. The van der Waals surface area contributed by atoms with E-state index >= 15 is 0 Å². The fraction of sp³-hybridized carbons (Fsp3) is 0.571. The first-order valence-corrected chi connectivity index (χ1v) is 6.31.